The predicted molar refractivity (Wildman–Crippen MR) is 107 cm³/mol. The number of aromatic amines is 1. The highest BCUT2D eigenvalue weighted by Crippen LogP contribution is 2.15. The van der Waals surface area contributed by atoms with Gasteiger partial charge in [-0.25, -0.2) is 13.1 Å². The molecular formula is C17H25N5O4S2. The predicted octanol–water partition coefficient (Wildman–Crippen LogP) is 1.17. The molecule has 0 aliphatic rings. The number of hydrogen-bond acceptors (Lipinski definition) is 6. The largest absolute Gasteiger partial charge is 0.383 e. The lowest BCUT2D eigenvalue weighted by molar-refractivity contribution is 0.0953. The summed E-state index contributed by atoms with van der Waals surface area (Å²) in [7, 11) is -2.22. The molecule has 0 aliphatic carbocycles. The van der Waals surface area contributed by atoms with E-state index in [4.69, 9.17) is 17.0 Å². The van der Waals surface area contributed by atoms with E-state index in [0.717, 1.165) is 5.82 Å². The zero-order chi connectivity index (χ0) is 20.7. The first kappa shape index (κ1) is 22.2. The van der Waals surface area contributed by atoms with Crippen molar-refractivity contribution >= 4 is 28.1 Å². The number of nitrogens with one attached hydrogen (secondary N) is 3. The van der Waals surface area contributed by atoms with E-state index in [2.05, 4.69) is 20.2 Å². The Labute approximate surface area is 169 Å². The van der Waals surface area contributed by atoms with Crippen LogP contribution >= 0.6 is 12.2 Å². The summed E-state index contributed by atoms with van der Waals surface area (Å²) in [5.74, 6) is 0.409. The average Bonchev–Trinajstić information content (AvgIpc) is 3.01. The summed E-state index contributed by atoms with van der Waals surface area (Å²) in [5, 5.41) is 9.69. The minimum Gasteiger partial charge on any atom is -0.383 e. The third-order valence-corrected chi connectivity index (χ3v) is 5.92. The Morgan fingerprint density at radius 1 is 1.36 bits per heavy atom. The topological polar surface area (TPSA) is 118 Å². The molecule has 0 spiro atoms. The molecular weight excluding hydrogens is 402 g/mol. The molecule has 1 amide bonds. The van der Waals surface area contributed by atoms with Gasteiger partial charge in [0.05, 0.1) is 11.5 Å². The molecule has 1 heterocycles. The maximum absolute atomic E-state index is 12.6. The fourth-order valence-electron chi connectivity index (χ4n) is 2.62. The van der Waals surface area contributed by atoms with E-state index in [1.165, 1.54) is 19.2 Å². The van der Waals surface area contributed by atoms with Gasteiger partial charge in [-0.05, 0) is 43.8 Å². The number of carbonyl (C=O) groups excluding carboxylic acids is 1. The number of carbonyl (C=O) groups is 1. The summed E-state index contributed by atoms with van der Waals surface area (Å²) >= 11 is 5.14. The normalized spacial score (nSPS) is 11.5. The molecule has 0 bridgehead atoms. The number of H-pyrrole nitrogens is 1. The van der Waals surface area contributed by atoms with E-state index in [1.54, 1.807) is 13.0 Å². The van der Waals surface area contributed by atoms with E-state index in [-0.39, 0.29) is 24.0 Å². The number of amides is 1. The summed E-state index contributed by atoms with van der Waals surface area (Å²) < 4.78 is 34.4. The first-order valence-corrected chi connectivity index (χ1v) is 10.7. The molecule has 0 fully saturated rings. The van der Waals surface area contributed by atoms with Gasteiger partial charge in [0.2, 0.25) is 10.0 Å². The average molecular weight is 428 g/mol. The monoisotopic (exact) mass is 427 g/mol. The number of rotatable bonds is 10. The summed E-state index contributed by atoms with van der Waals surface area (Å²) in [6.45, 7) is 5.17. The Hall–Kier alpha value is -2.08. The van der Waals surface area contributed by atoms with Crippen molar-refractivity contribution in [1.29, 1.82) is 0 Å². The van der Waals surface area contributed by atoms with Crippen molar-refractivity contribution in [3.8, 4) is 0 Å². The van der Waals surface area contributed by atoms with Gasteiger partial charge in [0.15, 0.2) is 4.77 Å². The summed E-state index contributed by atoms with van der Waals surface area (Å²) in [6.07, 6.45) is 0.502. The van der Waals surface area contributed by atoms with Gasteiger partial charge >= 0.3 is 0 Å². The standard InChI is InChI=1S/C17H25N5O4S2/c1-4-22-15(20-21-17(22)27)7-8-18-16(23)14-11-13(6-5-12(14)2)28(24,25)19-9-10-26-3/h5-6,11,19H,4,7-10H2,1-3H3,(H,18,23)(H,21,27). The molecule has 9 nitrogen and oxygen atoms in total. The number of benzene rings is 1. The molecule has 0 saturated heterocycles. The SMILES string of the molecule is CCn1c(CCNC(=O)c2cc(S(=O)(=O)NCCOC)ccc2C)n[nH]c1=S. The zero-order valence-electron chi connectivity index (χ0n) is 16.1. The quantitative estimate of drug-likeness (QED) is 0.387. The van der Waals surface area contributed by atoms with Crippen LogP contribution in [0.5, 0.6) is 0 Å². The van der Waals surface area contributed by atoms with E-state index in [0.29, 0.717) is 35.4 Å². The minimum atomic E-state index is -3.71. The second-order valence-corrected chi connectivity index (χ2v) is 8.22. The molecule has 0 radical (unpaired) electrons. The number of nitrogens with zero attached hydrogens (tertiary/aromatic N) is 2. The lowest BCUT2D eigenvalue weighted by atomic mass is 10.1. The van der Waals surface area contributed by atoms with E-state index >= 15 is 0 Å². The number of aromatic nitrogens is 3. The van der Waals surface area contributed by atoms with Gasteiger partial charge in [0, 0.05) is 38.7 Å². The molecule has 28 heavy (non-hydrogen) atoms. The van der Waals surface area contributed by atoms with Crippen LogP contribution in [0, 0.1) is 11.7 Å². The Balaban J connectivity index is 2.07. The summed E-state index contributed by atoms with van der Waals surface area (Å²) in [5.41, 5.74) is 0.994. The fourth-order valence-corrected chi connectivity index (χ4v) is 3.94. The highest BCUT2D eigenvalue weighted by Gasteiger charge is 2.18. The van der Waals surface area contributed by atoms with Gasteiger partial charge in [-0.2, -0.15) is 5.10 Å². The number of hydrogen-bond donors (Lipinski definition) is 3. The van der Waals surface area contributed by atoms with Crippen molar-refractivity contribution in [2.45, 2.75) is 31.7 Å². The van der Waals surface area contributed by atoms with Crippen LogP contribution < -0.4 is 10.0 Å². The van der Waals surface area contributed by atoms with Crippen molar-refractivity contribution in [3.05, 3.63) is 39.9 Å². The number of aryl methyl sites for hydroxylation is 1. The molecule has 0 unspecified atom stereocenters. The van der Waals surface area contributed by atoms with Crippen LogP contribution in [0.1, 0.15) is 28.7 Å². The first-order chi connectivity index (χ1) is 13.3. The van der Waals surface area contributed by atoms with Gasteiger partial charge in [0.1, 0.15) is 5.82 Å². The van der Waals surface area contributed by atoms with Crippen molar-refractivity contribution in [2.75, 3.05) is 26.8 Å². The Morgan fingerprint density at radius 3 is 2.79 bits per heavy atom. The smallest absolute Gasteiger partial charge is 0.251 e. The molecule has 3 N–H and O–H groups in total. The fraction of sp³-hybridized carbons (Fsp3) is 0.471. The molecule has 2 rings (SSSR count). The van der Waals surface area contributed by atoms with E-state index in [1.807, 2.05) is 11.5 Å². The summed E-state index contributed by atoms with van der Waals surface area (Å²) in [4.78, 5) is 12.6. The van der Waals surface area contributed by atoms with Gasteiger partial charge in [-0.3, -0.25) is 9.89 Å². The van der Waals surface area contributed by atoms with Crippen LogP contribution in [0.4, 0.5) is 0 Å². The molecule has 2 aromatic rings. The minimum absolute atomic E-state index is 0.0335. The van der Waals surface area contributed by atoms with Gasteiger partial charge in [-0.15, -0.1) is 0 Å². The lowest BCUT2D eigenvalue weighted by Gasteiger charge is -2.11. The second kappa shape index (κ2) is 9.92. The highest BCUT2D eigenvalue weighted by atomic mass is 32.2. The third kappa shape index (κ3) is 5.47. The second-order valence-electron chi connectivity index (χ2n) is 6.06. The first-order valence-electron chi connectivity index (χ1n) is 8.81. The van der Waals surface area contributed by atoms with Gasteiger partial charge in [0.25, 0.3) is 5.91 Å². The van der Waals surface area contributed by atoms with Crippen LogP contribution in [0.3, 0.4) is 0 Å². The van der Waals surface area contributed by atoms with Crippen LogP contribution in [0.25, 0.3) is 0 Å². The molecule has 11 heteroatoms. The Bertz CT molecular complexity index is 982. The maximum atomic E-state index is 12.6. The third-order valence-electron chi connectivity index (χ3n) is 4.15. The molecule has 1 aromatic heterocycles. The molecule has 0 saturated carbocycles. The van der Waals surface area contributed by atoms with Crippen LogP contribution in [0.2, 0.25) is 0 Å². The molecule has 0 aliphatic heterocycles. The van der Waals surface area contributed by atoms with Crippen LogP contribution in [-0.2, 0) is 27.7 Å². The van der Waals surface area contributed by atoms with Gasteiger partial charge < -0.3 is 14.6 Å². The Morgan fingerprint density at radius 2 is 2.11 bits per heavy atom. The van der Waals surface area contributed by atoms with Crippen molar-refractivity contribution in [2.24, 2.45) is 0 Å². The van der Waals surface area contributed by atoms with E-state index in [9.17, 15) is 13.2 Å². The van der Waals surface area contributed by atoms with Gasteiger partial charge in [-0.1, -0.05) is 6.07 Å². The highest BCUT2D eigenvalue weighted by molar-refractivity contribution is 7.89. The van der Waals surface area contributed by atoms with Crippen LogP contribution in [-0.4, -0.2) is 55.9 Å². The maximum Gasteiger partial charge on any atom is 0.251 e. The lowest BCUT2D eigenvalue weighted by Crippen LogP contribution is -2.29. The molecule has 1 aromatic carbocycles. The molecule has 0 atom stereocenters. The van der Waals surface area contributed by atoms with Crippen molar-refractivity contribution in [1.82, 2.24) is 24.8 Å². The zero-order valence-corrected chi connectivity index (χ0v) is 17.7. The Kier molecular flexibility index (Phi) is 7.87. The van der Waals surface area contributed by atoms with Crippen LogP contribution in [0.15, 0.2) is 23.1 Å². The summed E-state index contributed by atoms with van der Waals surface area (Å²) in [6, 6.07) is 4.46. The number of methoxy groups -OCH3 is 1. The van der Waals surface area contributed by atoms with Crippen molar-refractivity contribution < 1.29 is 17.9 Å². The van der Waals surface area contributed by atoms with E-state index < -0.39 is 10.0 Å². The number of ether oxygens (including phenoxy) is 1. The number of sulfonamides is 1. The molecule has 154 valence electrons. The van der Waals surface area contributed by atoms with Crippen molar-refractivity contribution in [3.63, 3.8) is 0 Å².